The third kappa shape index (κ3) is 2.40. The molecule has 0 saturated carbocycles. The topological polar surface area (TPSA) is 43.8 Å². The Morgan fingerprint density at radius 1 is 1.10 bits per heavy atom. The fourth-order valence-corrected chi connectivity index (χ4v) is 2.75. The lowest BCUT2D eigenvalue weighted by atomic mass is 10.2. The fraction of sp³-hybridized carbons (Fsp3) is 0.133. The molecule has 1 aromatic heterocycles. The van der Waals surface area contributed by atoms with Crippen LogP contribution in [0.4, 0.5) is 0 Å². The molecule has 0 radical (unpaired) electrons. The van der Waals surface area contributed by atoms with E-state index in [-0.39, 0.29) is 0 Å². The second-order valence-electron chi connectivity index (χ2n) is 4.54. The van der Waals surface area contributed by atoms with Crippen molar-refractivity contribution >= 4 is 34.2 Å². The summed E-state index contributed by atoms with van der Waals surface area (Å²) in [5.41, 5.74) is 8.78. The zero-order valence-corrected chi connectivity index (χ0v) is 12.2. The van der Waals surface area contributed by atoms with Crippen LogP contribution in [0.25, 0.3) is 11.0 Å². The van der Waals surface area contributed by atoms with E-state index >= 15 is 0 Å². The van der Waals surface area contributed by atoms with E-state index in [1.807, 2.05) is 36.4 Å². The first-order valence-electron chi connectivity index (χ1n) is 6.27. The van der Waals surface area contributed by atoms with Crippen molar-refractivity contribution in [2.24, 2.45) is 5.73 Å². The van der Waals surface area contributed by atoms with Gasteiger partial charge in [-0.1, -0.05) is 41.4 Å². The molecule has 0 bridgehead atoms. The molecule has 20 heavy (non-hydrogen) atoms. The van der Waals surface area contributed by atoms with Gasteiger partial charge < -0.3 is 10.3 Å². The minimum atomic E-state index is 0.389. The van der Waals surface area contributed by atoms with Gasteiger partial charge in [0.2, 0.25) is 0 Å². The van der Waals surface area contributed by atoms with Crippen LogP contribution in [0.2, 0.25) is 10.0 Å². The molecule has 0 aliphatic carbocycles. The molecule has 0 spiro atoms. The smallest absolute Gasteiger partial charge is 0.123 e. The lowest BCUT2D eigenvalue weighted by Crippen LogP contribution is -2.09. The Kier molecular flexibility index (Phi) is 3.66. The second-order valence-corrected chi connectivity index (χ2v) is 5.39. The quantitative estimate of drug-likeness (QED) is 0.798. The molecule has 3 nitrogen and oxygen atoms in total. The summed E-state index contributed by atoms with van der Waals surface area (Å²) in [6.45, 7) is 1.02. The molecule has 2 aromatic carbocycles. The number of aromatic nitrogens is 2. The summed E-state index contributed by atoms with van der Waals surface area (Å²) >= 11 is 12.2. The number of para-hydroxylation sites is 2. The van der Waals surface area contributed by atoms with Crippen LogP contribution in [0.3, 0.4) is 0 Å². The molecule has 0 aliphatic heterocycles. The molecule has 2 N–H and O–H groups in total. The molecule has 3 rings (SSSR count). The van der Waals surface area contributed by atoms with E-state index < -0.39 is 0 Å². The van der Waals surface area contributed by atoms with Gasteiger partial charge in [-0.3, -0.25) is 0 Å². The summed E-state index contributed by atoms with van der Waals surface area (Å²) in [6.07, 6.45) is 0. The van der Waals surface area contributed by atoms with Crippen LogP contribution in [-0.4, -0.2) is 9.55 Å². The number of hydrogen-bond acceptors (Lipinski definition) is 2. The molecule has 0 unspecified atom stereocenters. The summed E-state index contributed by atoms with van der Waals surface area (Å²) in [6, 6.07) is 13.5. The molecule has 5 heteroatoms. The highest BCUT2D eigenvalue weighted by Gasteiger charge is 2.11. The van der Waals surface area contributed by atoms with Gasteiger partial charge in [-0.05, 0) is 29.8 Å². The largest absolute Gasteiger partial charge is 0.324 e. The van der Waals surface area contributed by atoms with Gasteiger partial charge in [0.1, 0.15) is 5.82 Å². The summed E-state index contributed by atoms with van der Waals surface area (Å²) < 4.78 is 2.09. The Morgan fingerprint density at radius 2 is 1.90 bits per heavy atom. The number of imidazole rings is 1. The Labute approximate surface area is 126 Å². The van der Waals surface area contributed by atoms with Crippen LogP contribution in [0.5, 0.6) is 0 Å². The van der Waals surface area contributed by atoms with Crippen molar-refractivity contribution < 1.29 is 0 Å². The van der Waals surface area contributed by atoms with Crippen molar-refractivity contribution in [1.29, 1.82) is 0 Å². The number of hydrogen-bond donors (Lipinski definition) is 1. The first-order chi connectivity index (χ1) is 9.69. The van der Waals surface area contributed by atoms with Gasteiger partial charge in [-0.25, -0.2) is 4.98 Å². The lowest BCUT2D eigenvalue weighted by Gasteiger charge is -2.10. The Morgan fingerprint density at radius 3 is 2.65 bits per heavy atom. The SMILES string of the molecule is NCc1nc2ccccc2n1Cc1ccc(Cl)cc1Cl. The third-order valence-electron chi connectivity index (χ3n) is 3.26. The highest BCUT2D eigenvalue weighted by Crippen LogP contribution is 2.24. The molecular weight excluding hydrogens is 293 g/mol. The number of nitrogens with zero attached hydrogens (tertiary/aromatic N) is 2. The van der Waals surface area contributed by atoms with E-state index in [0.29, 0.717) is 23.1 Å². The number of fused-ring (bicyclic) bond motifs is 1. The fourth-order valence-electron chi connectivity index (χ4n) is 2.28. The molecule has 1 heterocycles. The van der Waals surface area contributed by atoms with Crippen LogP contribution in [-0.2, 0) is 13.1 Å². The van der Waals surface area contributed by atoms with E-state index in [4.69, 9.17) is 28.9 Å². The van der Waals surface area contributed by atoms with Gasteiger partial charge in [0.15, 0.2) is 0 Å². The molecule has 0 amide bonds. The van der Waals surface area contributed by atoms with E-state index in [0.717, 1.165) is 22.4 Å². The molecule has 102 valence electrons. The Bertz CT molecular complexity index is 765. The van der Waals surface area contributed by atoms with Crippen molar-refractivity contribution in [2.45, 2.75) is 13.1 Å². The van der Waals surface area contributed by atoms with E-state index in [1.54, 1.807) is 6.07 Å². The summed E-state index contributed by atoms with van der Waals surface area (Å²) in [7, 11) is 0. The maximum absolute atomic E-state index is 6.24. The van der Waals surface area contributed by atoms with Crippen LogP contribution >= 0.6 is 23.2 Å². The molecule has 0 atom stereocenters. The van der Waals surface area contributed by atoms with Gasteiger partial charge in [0, 0.05) is 10.0 Å². The number of benzene rings is 2. The number of rotatable bonds is 3. The maximum atomic E-state index is 6.24. The van der Waals surface area contributed by atoms with Gasteiger partial charge in [0.05, 0.1) is 24.1 Å². The number of nitrogens with two attached hydrogens (primary N) is 1. The van der Waals surface area contributed by atoms with Gasteiger partial charge in [-0.2, -0.15) is 0 Å². The first-order valence-corrected chi connectivity index (χ1v) is 7.03. The Hall–Kier alpha value is -1.55. The third-order valence-corrected chi connectivity index (χ3v) is 3.85. The van der Waals surface area contributed by atoms with Crippen molar-refractivity contribution in [2.75, 3.05) is 0 Å². The van der Waals surface area contributed by atoms with Gasteiger partial charge in [-0.15, -0.1) is 0 Å². The second kappa shape index (κ2) is 5.44. The molecule has 0 saturated heterocycles. The molecule has 0 fully saturated rings. The Balaban J connectivity index is 2.09. The lowest BCUT2D eigenvalue weighted by molar-refractivity contribution is 0.744. The monoisotopic (exact) mass is 305 g/mol. The van der Waals surface area contributed by atoms with Gasteiger partial charge >= 0.3 is 0 Å². The highest BCUT2D eigenvalue weighted by molar-refractivity contribution is 6.35. The highest BCUT2D eigenvalue weighted by atomic mass is 35.5. The zero-order valence-electron chi connectivity index (χ0n) is 10.7. The van der Waals surface area contributed by atoms with Crippen LogP contribution < -0.4 is 5.73 Å². The van der Waals surface area contributed by atoms with Crippen molar-refractivity contribution in [3.8, 4) is 0 Å². The van der Waals surface area contributed by atoms with Crippen LogP contribution in [0, 0.1) is 0 Å². The first kappa shape index (κ1) is 13.4. The summed E-state index contributed by atoms with van der Waals surface area (Å²) in [5.74, 6) is 0.845. The zero-order chi connectivity index (χ0) is 14.1. The molecule has 3 aromatic rings. The van der Waals surface area contributed by atoms with E-state index in [9.17, 15) is 0 Å². The van der Waals surface area contributed by atoms with E-state index in [1.165, 1.54) is 0 Å². The van der Waals surface area contributed by atoms with Crippen LogP contribution in [0.1, 0.15) is 11.4 Å². The maximum Gasteiger partial charge on any atom is 0.123 e. The van der Waals surface area contributed by atoms with Crippen molar-refractivity contribution in [1.82, 2.24) is 9.55 Å². The van der Waals surface area contributed by atoms with Crippen molar-refractivity contribution in [3.05, 3.63) is 63.9 Å². The molecular formula is C15H13Cl2N3. The van der Waals surface area contributed by atoms with E-state index in [2.05, 4.69) is 9.55 Å². The van der Waals surface area contributed by atoms with Gasteiger partial charge in [0.25, 0.3) is 0 Å². The average Bonchev–Trinajstić information content (AvgIpc) is 2.80. The normalized spacial score (nSPS) is 11.2. The number of halogens is 2. The van der Waals surface area contributed by atoms with Crippen LogP contribution in [0.15, 0.2) is 42.5 Å². The minimum Gasteiger partial charge on any atom is -0.324 e. The predicted octanol–water partition coefficient (Wildman–Crippen LogP) is 3.85. The standard InChI is InChI=1S/C15H13Cl2N3/c16-11-6-5-10(12(17)7-11)9-20-14-4-2-1-3-13(14)19-15(20)8-18/h1-7H,8-9,18H2. The minimum absolute atomic E-state index is 0.389. The predicted molar refractivity (Wildman–Crippen MR) is 83.2 cm³/mol. The summed E-state index contributed by atoms with van der Waals surface area (Å²) in [5, 5.41) is 1.28. The van der Waals surface area contributed by atoms with Crippen molar-refractivity contribution in [3.63, 3.8) is 0 Å². The average molecular weight is 306 g/mol. The summed E-state index contributed by atoms with van der Waals surface area (Å²) in [4.78, 5) is 4.54. The molecule has 0 aliphatic rings.